The Morgan fingerprint density at radius 3 is 2.34 bits per heavy atom. The molecule has 2 aliphatic carbocycles. The molecular formula is C31H37FN2O4. The lowest BCUT2D eigenvalue weighted by atomic mass is 10.0. The average molecular weight is 521 g/mol. The number of rotatable bonds is 10. The molecule has 2 saturated carbocycles. The van der Waals surface area contributed by atoms with Crippen molar-refractivity contribution in [1.82, 2.24) is 10.1 Å². The van der Waals surface area contributed by atoms with Crippen molar-refractivity contribution in [3.05, 3.63) is 65.3 Å². The topological polar surface area (TPSA) is 82.3 Å². The fourth-order valence-electron chi connectivity index (χ4n) is 4.88. The van der Waals surface area contributed by atoms with Crippen LogP contribution in [-0.4, -0.2) is 21.7 Å². The van der Waals surface area contributed by atoms with Crippen molar-refractivity contribution in [3.63, 3.8) is 0 Å². The lowest BCUT2D eigenvalue weighted by molar-refractivity contribution is 0.0966. The van der Waals surface area contributed by atoms with Gasteiger partial charge in [-0.25, -0.2) is 4.39 Å². The van der Waals surface area contributed by atoms with Crippen molar-refractivity contribution in [3.8, 4) is 17.1 Å². The summed E-state index contributed by atoms with van der Waals surface area (Å²) in [6.45, 7) is 5.52. The molecule has 38 heavy (non-hydrogen) atoms. The number of aromatic nitrogens is 2. The summed E-state index contributed by atoms with van der Waals surface area (Å²) in [4.78, 5) is 27.8. The fourth-order valence-corrected chi connectivity index (χ4v) is 4.88. The van der Waals surface area contributed by atoms with E-state index in [4.69, 9.17) is 9.26 Å². The van der Waals surface area contributed by atoms with Gasteiger partial charge in [0.1, 0.15) is 11.6 Å². The van der Waals surface area contributed by atoms with Crippen LogP contribution in [0.25, 0.3) is 11.4 Å². The molecule has 2 fully saturated rings. The van der Waals surface area contributed by atoms with E-state index in [2.05, 4.69) is 17.1 Å². The SMILES string of the molecule is CCC(Oc1ccc(C(=O)C2CC2)cc1)c1nc(-c2ccc(C(C)=O)c(F)c2)no1.CCCC1CCCC1. The Balaban J connectivity index is 0.000000360. The van der Waals surface area contributed by atoms with Crippen LogP contribution < -0.4 is 4.74 Å². The van der Waals surface area contributed by atoms with Crippen molar-refractivity contribution in [2.75, 3.05) is 0 Å². The number of halogens is 1. The van der Waals surface area contributed by atoms with E-state index in [-0.39, 0.29) is 34.8 Å². The zero-order valence-corrected chi connectivity index (χ0v) is 22.5. The van der Waals surface area contributed by atoms with Gasteiger partial charge in [0.2, 0.25) is 5.82 Å². The number of carbonyl (C=O) groups excluding carboxylic acids is 2. The van der Waals surface area contributed by atoms with Crippen LogP contribution in [0.4, 0.5) is 4.39 Å². The third kappa shape index (κ3) is 7.15. The number of ketones is 2. The second-order valence-electron chi connectivity index (χ2n) is 10.3. The average Bonchev–Trinajstić information content (AvgIpc) is 3.41. The molecule has 0 amide bonds. The van der Waals surface area contributed by atoms with E-state index in [1.807, 2.05) is 6.92 Å². The van der Waals surface area contributed by atoms with Crippen LogP contribution in [0, 0.1) is 17.7 Å². The third-order valence-corrected chi connectivity index (χ3v) is 7.23. The van der Waals surface area contributed by atoms with Gasteiger partial charge in [-0.05, 0) is 68.5 Å². The Morgan fingerprint density at radius 2 is 1.76 bits per heavy atom. The molecule has 0 radical (unpaired) electrons. The molecule has 1 aromatic heterocycles. The van der Waals surface area contributed by atoms with Gasteiger partial charge in [-0.3, -0.25) is 9.59 Å². The molecule has 1 unspecified atom stereocenters. The first-order valence-electron chi connectivity index (χ1n) is 13.8. The summed E-state index contributed by atoms with van der Waals surface area (Å²) in [5, 5.41) is 3.91. The lowest BCUT2D eigenvalue weighted by Crippen LogP contribution is -2.07. The highest BCUT2D eigenvalue weighted by Gasteiger charge is 2.30. The highest BCUT2D eigenvalue weighted by molar-refractivity contribution is 5.99. The Labute approximate surface area is 224 Å². The van der Waals surface area contributed by atoms with Gasteiger partial charge in [-0.1, -0.05) is 63.6 Å². The quantitative estimate of drug-likeness (QED) is 0.251. The summed E-state index contributed by atoms with van der Waals surface area (Å²) in [5.74, 6) is 1.55. The lowest BCUT2D eigenvalue weighted by Gasteiger charge is -2.13. The summed E-state index contributed by atoms with van der Waals surface area (Å²) < 4.78 is 25.4. The van der Waals surface area contributed by atoms with E-state index >= 15 is 0 Å². The van der Waals surface area contributed by atoms with E-state index in [1.165, 1.54) is 57.6 Å². The summed E-state index contributed by atoms with van der Waals surface area (Å²) in [6.07, 6.45) is 11.0. The number of Topliss-reactive ketones (excluding diaryl/α,β-unsaturated/α-hetero) is 2. The number of hydrogen-bond donors (Lipinski definition) is 0. The summed E-state index contributed by atoms with van der Waals surface area (Å²) in [5.41, 5.74) is 1.11. The van der Waals surface area contributed by atoms with Crippen LogP contribution in [-0.2, 0) is 0 Å². The van der Waals surface area contributed by atoms with Gasteiger partial charge in [0.05, 0.1) is 5.56 Å². The van der Waals surface area contributed by atoms with Gasteiger partial charge in [0.15, 0.2) is 17.7 Å². The Kier molecular flexibility index (Phi) is 9.43. The molecule has 1 atom stereocenters. The summed E-state index contributed by atoms with van der Waals surface area (Å²) in [7, 11) is 0. The smallest absolute Gasteiger partial charge is 0.268 e. The van der Waals surface area contributed by atoms with Crippen LogP contribution in [0.5, 0.6) is 5.75 Å². The normalized spacial score (nSPS) is 16.0. The first kappa shape index (κ1) is 27.7. The maximum atomic E-state index is 14.1. The molecule has 6 nitrogen and oxygen atoms in total. The first-order valence-corrected chi connectivity index (χ1v) is 13.8. The van der Waals surface area contributed by atoms with Gasteiger partial charge in [-0.15, -0.1) is 0 Å². The molecule has 1 heterocycles. The Morgan fingerprint density at radius 1 is 1.05 bits per heavy atom. The second kappa shape index (κ2) is 12.9. The molecule has 5 rings (SSSR count). The molecule has 0 bridgehead atoms. The van der Waals surface area contributed by atoms with Crippen molar-refractivity contribution in [2.45, 2.75) is 84.7 Å². The van der Waals surface area contributed by atoms with E-state index in [0.717, 1.165) is 18.8 Å². The fraction of sp³-hybridized carbons (Fsp3) is 0.484. The largest absolute Gasteiger partial charge is 0.481 e. The van der Waals surface area contributed by atoms with Crippen LogP contribution in [0.1, 0.15) is 111 Å². The van der Waals surface area contributed by atoms with Gasteiger partial charge in [-0.2, -0.15) is 4.98 Å². The number of hydrogen-bond acceptors (Lipinski definition) is 6. The molecule has 0 saturated heterocycles. The minimum absolute atomic E-state index is 0.0147. The molecule has 7 heteroatoms. The highest BCUT2D eigenvalue weighted by Crippen LogP contribution is 2.33. The van der Waals surface area contributed by atoms with Gasteiger partial charge < -0.3 is 9.26 Å². The van der Waals surface area contributed by atoms with E-state index < -0.39 is 11.9 Å². The minimum atomic E-state index is -0.629. The van der Waals surface area contributed by atoms with Gasteiger partial charge in [0, 0.05) is 17.0 Å². The minimum Gasteiger partial charge on any atom is -0.481 e. The van der Waals surface area contributed by atoms with Gasteiger partial charge in [0.25, 0.3) is 5.89 Å². The summed E-state index contributed by atoms with van der Waals surface area (Å²) in [6, 6.07) is 11.2. The predicted molar refractivity (Wildman–Crippen MR) is 144 cm³/mol. The molecule has 0 aliphatic heterocycles. The molecule has 2 aromatic carbocycles. The molecule has 2 aliphatic rings. The van der Waals surface area contributed by atoms with Crippen molar-refractivity contribution < 1.29 is 23.2 Å². The molecule has 0 N–H and O–H groups in total. The number of nitrogens with zero attached hydrogens (tertiary/aromatic N) is 2. The maximum absolute atomic E-state index is 14.1. The predicted octanol–water partition coefficient (Wildman–Crippen LogP) is 8.18. The van der Waals surface area contributed by atoms with Crippen molar-refractivity contribution >= 4 is 11.6 Å². The molecule has 3 aromatic rings. The van der Waals surface area contributed by atoms with Crippen LogP contribution in [0.2, 0.25) is 0 Å². The number of carbonyl (C=O) groups is 2. The Hall–Kier alpha value is -3.35. The number of ether oxygens (including phenoxy) is 1. The van der Waals surface area contributed by atoms with Crippen molar-refractivity contribution in [2.24, 2.45) is 11.8 Å². The molecular weight excluding hydrogens is 483 g/mol. The van der Waals surface area contributed by atoms with Crippen LogP contribution >= 0.6 is 0 Å². The van der Waals surface area contributed by atoms with Crippen LogP contribution in [0.15, 0.2) is 47.0 Å². The molecule has 202 valence electrons. The van der Waals surface area contributed by atoms with E-state index in [0.29, 0.717) is 23.3 Å². The van der Waals surface area contributed by atoms with Gasteiger partial charge >= 0.3 is 0 Å². The second-order valence-corrected chi connectivity index (χ2v) is 10.3. The number of benzene rings is 2. The summed E-state index contributed by atoms with van der Waals surface area (Å²) >= 11 is 0. The van der Waals surface area contributed by atoms with Crippen LogP contribution in [0.3, 0.4) is 0 Å². The van der Waals surface area contributed by atoms with Crippen molar-refractivity contribution in [1.29, 1.82) is 0 Å². The highest BCUT2D eigenvalue weighted by atomic mass is 19.1. The zero-order chi connectivity index (χ0) is 27.1. The monoisotopic (exact) mass is 520 g/mol. The van der Waals surface area contributed by atoms with E-state index in [9.17, 15) is 14.0 Å². The first-order chi connectivity index (χ1) is 18.4. The maximum Gasteiger partial charge on any atom is 0.268 e. The van der Waals surface area contributed by atoms with E-state index in [1.54, 1.807) is 30.3 Å². The third-order valence-electron chi connectivity index (χ3n) is 7.23. The standard InChI is InChI=1S/C23H21FN2O4.C8H16/c1-3-20(29-17-9-6-15(7-10-17)21(28)14-4-5-14)23-25-22(26-30-23)16-8-11-18(13(2)27)19(24)12-16;1-2-5-8-6-3-4-7-8/h6-12,14,20H,3-5H2,1-2H3;8H,2-7H2,1H3. The Bertz CT molecular complexity index is 1230. The molecule has 0 spiro atoms. The zero-order valence-electron chi connectivity index (χ0n) is 22.5.